The normalized spacial score (nSPS) is 17.5. The van der Waals surface area contributed by atoms with Crippen molar-refractivity contribution in [2.75, 3.05) is 38.5 Å². The number of hydrazine groups is 1. The lowest BCUT2D eigenvalue weighted by Gasteiger charge is -2.33. The Bertz CT molecular complexity index is 766. The maximum atomic E-state index is 4.23. The van der Waals surface area contributed by atoms with E-state index in [9.17, 15) is 0 Å². The van der Waals surface area contributed by atoms with Crippen molar-refractivity contribution in [3.8, 4) is 0 Å². The van der Waals surface area contributed by atoms with E-state index in [-0.39, 0.29) is 0 Å². The van der Waals surface area contributed by atoms with Crippen molar-refractivity contribution >= 4 is 28.8 Å². The number of nitrogens with zero attached hydrogens (tertiary/aromatic N) is 2. The first-order valence-electron chi connectivity index (χ1n) is 8.26. The number of benzene rings is 2. The first kappa shape index (κ1) is 15.6. The van der Waals surface area contributed by atoms with Gasteiger partial charge in [0.1, 0.15) is 0 Å². The molecule has 2 aliphatic rings. The minimum atomic E-state index is 0.952. The van der Waals surface area contributed by atoms with Crippen molar-refractivity contribution < 1.29 is 0 Å². The Morgan fingerprint density at radius 2 is 1.79 bits per heavy atom. The lowest BCUT2D eigenvalue weighted by Crippen LogP contribution is -2.49. The van der Waals surface area contributed by atoms with Crippen LogP contribution in [-0.2, 0) is 0 Å². The van der Waals surface area contributed by atoms with Crippen LogP contribution in [0, 0.1) is 0 Å². The minimum Gasteiger partial charge on any atom is -0.354 e. The lowest BCUT2D eigenvalue weighted by atomic mass is 10.1. The standard InChI is InChI=1S/C19H22N4S/c1-14(21-23-11-9-22(2)10-12-23)15-7-8-19-17(13-15)20-16-5-3-4-6-18(16)24-19/h3-8,13,20-21H,1,9-12H2,2H3. The molecule has 0 atom stereocenters. The third kappa shape index (κ3) is 3.15. The Kier molecular flexibility index (Phi) is 4.22. The Labute approximate surface area is 147 Å². The maximum absolute atomic E-state index is 4.23. The highest BCUT2D eigenvalue weighted by molar-refractivity contribution is 7.99. The molecule has 0 spiro atoms. The predicted octanol–water partition coefficient (Wildman–Crippen LogP) is 3.62. The first-order valence-corrected chi connectivity index (χ1v) is 9.08. The molecular formula is C19H22N4S. The van der Waals surface area contributed by atoms with E-state index in [0.717, 1.165) is 43.1 Å². The second kappa shape index (κ2) is 6.51. The highest BCUT2D eigenvalue weighted by Crippen LogP contribution is 2.44. The summed E-state index contributed by atoms with van der Waals surface area (Å²) in [5.74, 6) is 0. The zero-order valence-electron chi connectivity index (χ0n) is 13.9. The molecule has 0 bridgehead atoms. The summed E-state index contributed by atoms with van der Waals surface area (Å²) in [6.07, 6.45) is 0. The quantitative estimate of drug-likeness (QED) is 0.762. The van der Waals surface area contributed by atoms with Gasteiger partial charge in [-0.2, -0.15) is 0 Å². The largest absolute Gasteiger partial charge is 0.354 e. The molecule has 0 unspecified atom stereocenters. The summed E-state index contributed by atoms with van der Waals surface area (Å²) in [5, 5.41) is 5.78. The molecule has 0 aliphatic carbocycles. The van der Waals surface area contributed by atoms with Crippen molar-refractivity contribution in [3.63, 3.8) is 0 Å². The van der Waals surface area contributed by atoms with E-state index in [4.69, 9.17) is 0 Å². The number of likely N-dealkylation sites (N-methyl/N-ethyl adjacent to an activating group) is 1. The number of fused-ring (bicyclic) bond motifs is 2. The van der Waals surface area contributed by atoms with Crippen LogP contribution in [0.3, 0.4) is 0 Å². The fourth-order valence-electron chi connectivity index (χ4n) is 3.00. The zero-order valence-corrected chi connectivity index (χ0v) is 14.7. The van der Waals surface area contributed by atoms with E-state index in [1.54, 1.807) is 0 Å². The molecule has 2 aromatic carbocycles. The Balaban J connectivity index is 1.49. The molecule has 1 fully saturated rings. The second-order valence-corrected chi connectivity index (χ2v) is 7.40. The summed E-state index contributed by atoms with van der Waals surface area (Å²) in [7, 11) is 2.16. The molecule has 24 heavy (non-hydrogen) atoms. The summed E-state index contributed by atoms with van der Waals surface area (Å²) in [6, 6.07) is 14.9. The Morgan fingerprint density at radius 3 is 2.62 bits per heavy atom. The van der Waals surface area contributed by atoms with Gasteiger partial charge in [-0.1, -0.05) is 36.5 Å². The Hall–Kier alpha value is -1.95. The van der Waals surface area contributed by atoms with Crippen LogP contribution >= 0.6 is 11.8 Å². The highest BCUT2D eigenvalue weighted by Gasteiger charge is 2.17. The van der Waals surface area contributed by atoms with E-state index in [1.165, 1.54) is 15.5 Å². The molecule has 0 amide bonds. The summed E-state index contributed by atoms with van der Waals surface area (Å²) in [5.41, 5.74) is 7.86. The van der Waals surface area contributed by atoms with Crippen LogP contribution in [0.15, 0.2) is 58.8 Å². The molecule has 2 aliphatic heterocycles. The fourth-order valence-corrected chi connectivity index (χ4v) is 3.97. The van der Waals surface area contributed by atoms with Gasteiger partial charge in [0.15, 0.2) is 0 Å². The number of para-hydroxylation sites is 1. The summed E-state index contributed by atoms with van der Waals surface area (Å²) in [6.45, 7) is 8.43. The van der Waals surface area contributed by atoms with Crippen molar-refractivity contribution in [3.05, 3.63) is 54.6 Å². The zero-order chi connectivity index (χ0) is 16.5. The number of anilines is 2. The summed E-state index contributed by atoms with van der Waals surface area (Å²) in [4.78, 5) is 4.87. The van der Waals surface area contributed by atoms with Crippen LogP contribution < -0.4 is 10.7 Å². The van der Waals surface area contributed by atoms with Gasteiger partial charge in [-0.15, -0.1) is 0 Å². The third-order valence-corrected chi connectivity index (χ3v) is 5.65. The van der Waals surface area contributed by atoms with Crippen LogP contribution in [-0.4, -0.2) is 43.1 Å². The SMILES string of the molecule is C=C(NN1CCN(C)CC1)c1ccc2c(c1)Nc1ccccc1S2. The fraction of sp³-hybridized carbons (Fsp3) is 0.263. The molecule has 0 radical (unpaired) electrons. The van der Waals surface area contributed by atoms with E-state index in [2.05, 4.69) is 76.7 Å². The van der Waals surface area contributed by atoms with E-state index < -0.39 is 0 Å². The average Bonchev–Trinajstić information content (AvgIpc) is 2.61. The second-order valence-electron chi connectivity index (χ2n) is 6.31. The molecular weight excluding hydrogens is 316 g/mol. The molecule has 2 aromatic rings. The molecule has 4 nitrogen and oxygen atoms in total. The van der Waals surface area contributed by atoms with Gasteiger partial charge in [0.05, 0.1) is 11.4 Å². The van der Waals surface area contributed by atoms with Gasteiger partial charge in [-0.05, 0) is 31.3 Å². The monoisotopic (exact) mass is 338 g/mol. The summed E-state index contributed by atoms with van der Waals surface area (Å²) >= 11 is 1.81. The molecule has 0 saturated carbocycles. The Morgan fingerprint density at radius 1 is 1.04 bits per heavy atom. The predicted molar refractivity (Wildman–Crippen MR) is 102 cm³/mol. The van der Waals surface area contributed by atoms with Gasteiger partial charge in [-0.3, -0.25) is 0 Å². The molecule has 1 saturated heterocycles. The van der Waals surface area contributed by atoms with E-state index >= 15 is 0 Å². The van der Waals surface area contributed by atoms with Crippen molar-refractivity contribution in [2.24, 2.45) is 0 Å². The van der Waals surface area contributed by atoms with Crippen molar-refractivity contribution in [1.29, 1.82) is 0 Å². The van der Waals surface area contributed by atoms with Gasteiger partial charge in [0.25, 0.3) is 0 Å². The van der Waals surface area contributed by atoms with Gasteiger partial charge >= 0.3 is 0 Å². The van der Waals surface area contributed by atoms with Crippen LogP contribution in [0.25, 0.3) is 5.70 Å². The highest BCUT2D eigenvalue weighted by atomic mass is 32.2. The molecule has 5 heteroatoms. The molecule has 124 valence electrons. The topological polar surface area (TPSA) is 30.5 Å². The van der Waals surface area contributed by atoms with Crippen LogP contribution in [0.4, 0.5) is 11.4 Å². The van der Waals surface area contributed by atoms with Gasteiger partial charge < -0.3 is 15.6 Å². The molecule has 0 aromatic heterocycles. The number of rotatable bonds is 3. The molecule has 2 N–H and O–H groups in total. The van der Waals surface area contributed by atoms with Crippen LogP contribution in [0.1, 0.15) is 5.56 Å². The van der Waals surface area contributed by atoms with Gasteiger partial charge in [-0.25, -0.2) is 5.01 Å². The van der Waals surface area contributed by atoms with Crippen molar-refractivity contribution in [2.45, 2.75) is 9.79 Å². The molecule has 4 rings (SSSR count). The van der Waals surface area contributed by atoms with Crippen LogP contribution in [0.2, 0.25) is 0 Å². The smallest absolute Gasteiger partial charge is 0.0533 e. The maximum Gasteiger partial charge on any atom is 0.0533 e. The lowest BCUT2D eigenvalue weighted by molar-refractivity contribution is 0.127. The number of hydrogen-bond acceptors (Lipinski definition) is 5. The van der Waals surface area contributed by atoms with E-state index in [1.807, 2.05) is 11.8 Å². The minimum absolute atomic E-state index is 0.952. The average molecular weight is 338 g/mol. The summed E-state index contributed by atoms with van der Waals surface area (Å²) < 4.78 is 0. The first-order chi connectivity index (χ1) is 11.7. The van der Waals surface area contributed by atoms with E-state index in [0.29, 0.717) is 0 Å². The number of piperazine rings is 1. The third-order valence-electron chi connectivity index (χ3n) is 4.50. The molecule has 2 heterocycles. The number of nitrogens with one attached hydrogen (secondary N) is 2. The van der Waals surface area contributed by atoms with Crippen molar-refractivity contribution in [1.82, 2.24) is 15.3 Å². The van der Waals surface area contributed by atoms with Gasteiger partial charge in [0, 0.05) is 47.2 Å². The van der Waals surface area contributed by atoms with Crippen LogP contribution in [0.5, 0.6) is 0 Å². The number of hydrogen-bond donors (Lipinski definition) is 2. The van der Waals surface area contributed by atoms with Gasteiger partial charge in [0.2, 0.25) is 0 Å².